The summed E-state index contributed by atoms with van der Waals surface area (Å²) >= 11 is 0. The number of ether oxygens (including phenoxy) is 1. The van der Waals surface area contributed by atoms with E-state index in [9.17, 15) is 14.4 Å². The Labute approximate surface area is 125 Å². The number of hydrogen-bond acceptors (Lipinski definition) is 2. The van der Waals surface area contributed by atoms with Crippen molar-refractivity contribution < 1.29 is 23.6 Å². The highest BCUT2D eigenvalue weighted by Crippen LogP contribution is 2.35. The van der Waals surface area contributed by atoms with Crippen LogP contribution in [0.15, 0.2) is 43.0 Å². The third kappa shape index (κ3) is 5.73. The molecule has 2 atom stereocenters. The van der Waals surface area contributed by atoms with Gasteiger partial charge in [0.05, 0.1) is 25.9 Å². The average molecular weight is 312 g/mol. The highest BCUT2D eigenvalue weighted by molar-refractivity contribution is 7.51. The summed E-state index contributed by atoms with van der Waals surface area (Å²) in [5.41, 5.74) is 1.16. The van der Waals surface area contributed by atoms with Crippen molar-refractivity contribution in [2.24, 2.45) is 0 Å². The van der Waals surface area contributed by atoms with E-state index in [1.54, 1.807) is 0 Å². The molecule has 1 aromatic carbocycles. The topological polar surface area (TPSA) is 70.1 Å². The minimum Gasteiger partial charge on any atom is -0.367 e. The van der Waals surface area contributed by atoms with Gasteiger partial charge in [0.1, 0.15) is 19.2 Å². The normalized spacial score (nSPS) is 20.8. The van der Waals surface area contributed by atoms with Gasteiger partial charge in [-0.05, 0) is 6.08 Å². The van der Waals surface area contributed by atoms with Gasteiger partial charge in [0, 0.05) is 5.56 Å². The quantitative estimate of drug-likeness (QED) is 0.315. The molecule has 2 rings (SSSR count). The summed E-state index contributed by atoms with van der Waals surface area (Å²) in [4.78, 5) is 18.4. The zero-order valence-electron chi connectivity index (χ0n) is 12.1. The summed E-state index contributed by atoms with van der Waals surface area (Å²) in [5, 5.41) is 0. The number of benzene rings is 1. The first kappa shape index (κ1) is 16.4. The molecule has 0 radical (unpaired) electrons. The predicted molar refractivity (Wildman–Crippen MR) is 81.9 cm³/mol. The first-order valence-electron chi connectivity index (χ1n) is 7.09. The maximum atomic E-state index is 11.3. The van der Waals surface area contributed by atoms with Gasteiger partial charge in [0.15, 0.2) is 0 Å². The standard InChI is InChI=1S/C15H22NO4P/c1-2-8-16(12-15-13-20-15,9-10-21(17,18)19)11-14-6-4-3-5-7-14/h2-7,15H,1,8-13H2,(H-,17,18,19)/p+1. The number of quaternary nitrogens is 1. The lowest BCUT2D eigenvalue weighted by Crippen LogP contribution is -2.51. The molecule has 0 aliphatic carbocycles. The van der Waals surface area contributed by atoms with Crippen molar-refractivity contribution in [3.8, 4) is 0 Å². The molecule has 2 N–H and O–H groups in total. The van der Waals surface area contributed by atoms with Crippen molar-refractivity contribution in [3.05, 3.63) is 48.6 Å². The maximum Gasteiger partial charge on any atom is 0.331 e. The Kier molecular flexibility index (Phi) is 5.36. The highest BCUT2D eigenvalue weighted by atomic mass is 31.2. The molecule has 0 bridgehead atoms. The van der Waals surface area contributed by atoms with Gasteiger partial charge < -0.3 is 19.0 Å². The van der Waals surface area contributed by atoms with E-state index in [2.05, 4.69) is 6.58 Å². The summed E-state index contributed by atoms with van der Waals surface area (Å²) in [5.74, 6) is 0. The first-order valence-corrected chi connectivity index (χ1v) is 8.88. The average Bonchev–Trinajstić information content (AvgIpc) is 3.21. The van der Waals surface area contributed by atoms with Crippen LogP contribution in [-0.4, -0.2) is 52.8 Å². The lowest BCUT2D eigenvalue weighted by atomic mass is 10.1. The SMILES string of the molecule is C=CC[N+](CCP(=O)(O)O)(Cc1ccccc1)CC1CO1. The van der Waals surface area contributed by atoms with Gasteiger partial charge in [-0.15, -0.1) is 0 Å². The second kappa shape index (κ2) is 6.86. The molecular formula is C15H23NO4P+. The highest BCUT2D eigenvalue weighted by Gasteiger charge is 2.37. The van der Waals surface area contributed by atoms with Crippen LogP contribution in [0.2, 0.25) is 0 Å². The minimum atomic E-state index is -4.00. The van der Waals surface area contributed by atoms with Crippen molar-refractivity contribution in [1.29, 1.82) is 0 Å². The summed E-state index contributed by atoms with van der Waals surface area (Å²) < 4.78 is 17.2. The molecule has 116 valence electrons. The molecule has 1 saturated heterocycles. The molecule has 1 aliphatic heterocycles. The molecule has 2 unspecified atom stereocenters. The molecule has 0 saturated carbocycles. The molecule has 1 aromatic rings. The van der Waals surface area contributed by atoms with Gasteiger partial charge in [-0.25, -0.2) is 0 Å². The van der Waals surface area contributed by atoms with Crippen molar-refractivity contribution in [3.63, 3.8) is 0 Å². The molecule has 0 aromatic heterocycles. The molecule has 21 heavy (non-hydrogen) atoms. The van der Waals surface area contributed by atoms with Crippen LogP contribution in [0, 0.1) is 0 Å². The van der Waals surface area contributed by atoms with Gasteiger partial charge in [-0.1, -0.05) is 36.9 Å². The van der Waals surface area contributed by atoms with Crippen LogP contribution < -0.4 is 0 Å². The number of hydrogen-bond donors (Lipinski definition) is 2. The second-order valence-corrected chi connectivity index (χ2v) is 7.48. The lowest BCUT2D eigenvalue weighted by molar-refractivity contribution is -0.934. The van der Waals surface area contributed by atoms with Crippen molar-refractivity contribution in [1.82, 2.24) is 0 Å². The smallest absolute Gasteiger partial charge is 0.331 e. The first-order chi connectivity index (χ1) is 9.92. The van der Waals surface area contributed by atoms with E-state index in [-0.39, 0.29) is 12.3 Å². The lowest BCUT2D eigenvalue weighted by Gasteiger charge is -2.38. The van der Waals surface area contributed by atoms with Crippen molar-refractivity contribution in [2.75, 3.05) is 32.4 Å². The van der Waals surface area contributed by atoms with Crippen LogP contribution in [0.5, 0.6) is 0 Å². The fourth-order valence-electron chi connectivity index (χ4n) is 2.66. The van der Waals surface area contributed by atoms with Crippen molar-refractivity contribution in [2.45, 2.75) is 12.6 Å². The van der Waals surface area contributed by atoms with E-state index in [4.69, 9.17) is 4.74 Å². The molecule has 0 spiro atoms. The van der Waals surface area contributed by atoms with E-state index in [1.165, 1.54) is 0 Å². The monoisotopic (exact) mass is 312 g/mol. The number of rotatable bonds is 9. The third-order valence-corrected chi connectivity index (χ3v) is 4.52. The van der Waals surface area contributed by atoms with Crippen LogP contribution >= 0.6 is 7.60 Å². The van der Waals surface area contributed by atoms with Crippen LogP contribution in [-0.2, 0) is 15.8 Å². The Morgan fingerprint density at radius 3 is 2.57 bits per heavy atom. The summed E-state index contributed by atoms with van der Waals surface area (Å²) in [6, 6.07) is 10.0. The van der Waals surface area contributed by atoms with Crippen LogP contribution in [0.4, 0.5) is 0 Å². The Morgan fingerprint density at radius 2 is 2.05 bits per heavy atom. The van der Waals surface area contributed by atoms with E-state index < -0.39 is 7.60 Å². The Hall–Kier alpha value is -0.970. The molecule has 1 heterocycles. The van der Waals surface area contributed by atoms with Gasteiger partial charge in [0.25, 0.3) is 0 Å². The van der Waals surface area contributed by atoms with Crippen LogP contribution in [0.3, 0.4) is 0 Å². The van der Waals surface area contributed by atoms with Crippen molar-refractivity contribution >= 4 is 7.60 Å². The van der Waals surface area contributed by atoms with Gasteiger partial charge in [-0.2, -0.15) is 0 Å². The fourth-order valence-corrected chi connectivity index (χ4v) is 3.34. The number of epoxide rings is 1. The molecule has 5 nitrogen and oxygen atoms in total. The summed E-state index contributed by atoms with van der Waals surface area (Å²) in [7, 11) is -4.00. The van der Waals surface area contributed by atoms with E-state index >= 15 is 0 Å². The van der Waals surface area contributed by atoms with Crippen LogP contribution in [0.25, 0.3) is 0 Å². The third-order valence-electron chi connectivity index (χ3n) is 3.74. The Balaban J connectivity index is 2.16. The van der Waals surface area contributed by atoms with Gasteiger partial charge in [-0.3, -0.25) is 4.57 Å². The molecule has 1 aliphatic rings. The predicted octanol–water partition coefficient (Wildman–Crippen LogP) is 1.77. The molecule has 1 fully saturated rings. The van der Waals surface area contributed by atoms with E-state index in [0.717, 1.165) is 25.3 Å². The zero-order valence-corrected chi connectivity index (χ0v) is 13.0. The van der Waals surface area contributed by atoms with E-state index in [1.807, 2.05) is 36.4 Å². The van der Waals surface area contributed by atoms with Gasteiger partial charge >= 0.3 is 7.60 Å². The second-order valence-electron chi connectivity index (χ2n) is 5.71. The van der Waals surface area contributed by atoms with E-state index in [0.29, 0.717) is 17.6 Å². The number of nitrogens with zero attached hydrogens (tertiary/aromatic N) is 1. The Bertz CT molecular complexity index is 512. The zero-order chi connectivity index (χ0) is 15.3. The molecule has 0 amide bonds. The van der Waals surface area contributed by atoms with Crippen LogP contribution in [0.1, 0.15) is 5.56 Å². The summed E-state index contributed by atoms with van der Waals surface area (Å²) in [6.45, 7) is 7.14. The minimum absolute atomic E-state index is 0.111. The fraction of sp³-hybridized carbons (Fsp3) is 0.467. The molecule has 6 heteroatoms. The Morgan fingerprint density at radius 1 is 1.38 bits per heavy atom. The molecular weight excluding hydrogens is 289 g/mol. The van der Waals surface area contributed by atoms with Gasteiger partial charge in [0.2, 0.25) is 0 Å². The largest absolute Gasteiger partial charge is 0.367 e. The maximum absolute atomic E-state index is 11.3. The summed E-state index contributed by atoms with van der Waals surface area (Å²) in [6.07, 6.45) is 1.91.